The van der Waals surface area contributed by atoms with Gasteiger partial charge in [-0.1, -0.05) is 54.1 Å². The molecular formula is C22H23N. The molecule has 1 nitrogen and oxygen atoms in total. The molecule has 0 aliphatic heterocycles. The summed E-state index contributed by atoms with van der Waals surface area (Å²) in [6, 6.07) is 12.9. The number of benzene rings is 2. The molecule has 0 N–H and O–H groups in total. The van der Waals surface area contributed by atoms with Crippen LogP contribution in [0.4, 0.5) is 5.69 Å². The van der Waals surface area contributed by atoms with Crippen LogP contribution >= 0.6 is 0 Å². The molecule has 2 aromatic rings. The number of aryl methyl sites for hydroxylation is 3. The number of allylic oxidation sites excluding steroid dienone is 4. The molecule has 1 aliphatic carbocycles. The summed E-state index contributed by atoms with van der Waals surface area (Å²) in [7, 11) is 0. The van der Waals surface area contributed by atoms with Gasteiger partial charge in [0.15, 0.2) is 0 Å². The van der Waals surface area contributed by atoms with Crippen LogP contribution in [-0.2, 0) is 0 Å². The number of hydrogen-bond acceptors (Lipinski definition) is 1. The van der Waals surface area contributed by atoms with Crippen LogP contribution in [0.25, 0.3) is 5.57 Å². The van der Waals surface area contributed by atoms with Gasteiger partial charge in [-0.15, -0.1) is 0 Å². The van der Waals surface area contributed by atoms with Gasteiger partial charge < -0.3 is 0 Å². The molecule has 0 spiro atoms. The van der Waals surface area contributed by atoms with Crippen LogP contribution < -0.4 is 0 Å². The van der Waals surface area contributed by atoms with Crippen LogP contribution in [-0.4, -0.2) is 6.21 Å². The topological polar surface area (TPSA) is 12.4 Å². The van der Waals surface area contributed by atoms with Gasteiger partial charge in [-0.2, -0.15) is 0 Å². The minimum atomic E-state index is 1.01. The Balaban J connectivity index is 2.00. The third-order valence-corrected chi connectivity index (χ3v) is 4.42. The molecule has 0 bridgehead atoms. The second-order valence-corrected chi connectivity index (χ2v) is 6.36. The predicted octanol–water partition coefficient (Wildman–Crippen LogP) is 6.10. The van der Waals surface area contributed by atoms with Crippen molar-refractivity contribution in [2.24, 2.45) is 4.99 Å². The van der Waals surface area contributed by atoms with Crippen molar-refractivity contribution in [2.75, 3.05) is 0 Å². The molecule has 2 aromatic carbocycles. The Morgan fingerprint density at radius 1 is 0.957 bits per heavy atom. The third kappa shape index (κ3) is 3.19. The van der Waals surface area contributed by atoms with Crippen molar-refractivity contribution in [3.63, 3.8) is 0 Å². The average Bonchev–Trinajstić information content (AvgIpc) is 2.92. The summed E-state index contributed by atoms with van der Waals surface area (Å²) in [6.45, 7) is 8.57. The lowest BCUT2D eigenvalue weighted by molar-refractivity contribution is 1.29. The summed E-state index contributed by atoms with van der Waals surface area (Å²) in [5, 5.41) is 0. The Morgan fingerprint density at radius 2 is 1.65 bits per heavy atom. The summed E-state index contributed by atoms with van der Waals surface area (Å²) < 4.78 is 0. The van der Waals surface area contributed by atoms with E-state index < -0.39 is 0 Å². The van der Waals surface area contributed by atoms with E-state index in [-0.39, 0.29) is 0 Å². The highest BCUT2D eigenvalue weighted by atomic mass is 14.7. The number of rotatable bonds is 3. The maximum Gasteiger partial charge on any atom is 0.0688 e. The second-order valence-electron chi connectivity index (χ2n) is 6.36. The lowest BCUT2D eigenvalue weighted by atomic mass is 9.97. The standard InChI is InChI=1S/C22H23N/c1-15-12-17(3)22(18(4)13-15)23-14-19-9-5-6-10-21(19)20-11-7-8-16(20)2/h5-10,12-14H,11H2,1-4H3. The second kappa shape index (κ2) is 6.37. The van der Waals surface area contributed by atoms with Crippen LogP contribution in [0.1, 0.15) is 41.2 Å². The van der Waals surface area contributed by atoms with Gasteiger partial charge in [-0.25, -0.2) is 0 Å². The van der Waals surface area contributed by atoms with Crippen molar-refractivity contribution in [3.05, 3.63) is 81.9 Å². The van der Waals surface area contributed by atoms with Gasteiger partial charge >= 0.3 is 0 Å². The molecule has 0 fully saturated rings. The molecule has 0 saturated carbocycles. The number of aliphatic imine (C=N–C) groups is 1. The highest BCUT2D eigenvalue weighted by Gasteiger charge is 2.11. The third-order valence-electron chi connectivity index (χ3n) is 4.42. The largest absolute Gasteiger partial charge is 0.256 e. The minimum absolute atomic E-state index is 1.01. The maximum absolute atomic E-state index is 4.81. The molecule has 0 aromatic heterocycles. The Bertz CT molecular complexity index is 812. The molecule has 0 atom stereocenters. The SMILES string of the molecule is CC1=C(c2ccccc2C=Nc2c(C)cc(C)cc2C)CC=C1. The van der Waals surface area contributed by atoms with Crippen LogP contribution in [0.2, 0.25) is 0 Å². The van der Waals surface area contributed by atoms with Crippen LogP contribution in [0.5, 0.6) is 0 Å². The molecule has 3 rings (SSSR count). The lowest BCUT2D eigenvalue weighted by Gasteiger charge is -2.10. The molecule has 0 amide bonds. The van der Waals surface area contributed by atoms with Gasteiger partial charge in [0.1, 0.15) is 0 Å². The average molecular weight is 301 g/mol. The lowest BCUT2D eigenvalue weighted by Crippen LogP contribution is -1.93. The first-order chi connectivity index (χ1) is 11.1. The summed E-state index contributed by atoms with van der Waals surface area (Å²) in [6.07, 6.45) is 7.46. The van der Waals surface area contributed by atoms with Gasteiger partial charge in [-0.3, -0.25) is 4.99 Å². The van der Waals surface area contributed by atoms with Crippen molar-refractivity contribution in [1.82, 2.24) is 0 Å². The summed E-state index contributed by atoms with van der Waals surface area (Å²) in [5.41, 5.74) is 10.1. The molecule has 0 saturated heterocycles. The first-order valence-corrected chi connectivity index (χ1v) is 8.14. The normalized spacial score (nSPS) is 14.3. The van der Waals surface area contributed by atoms with Gasteiger partial charge in [0.05, 0.1) is 5.69 Å². The fourth-order valence-electron chi connectivity index (χ4n) is 3.33. The van der Waals surface area contributed by atoms with E-state index in [1.807, 2.05) is 6.21 Å². The van der Waals surface area contributed by atoms with E-state index in [1.165, 1.54) is 39.0 Å². The van der Waals surface area contributed by atoms with Gasteiger partial charge in [0.25, 0.3) is 0 Å². The molecule has 0 radical (unpaired) electrons. The van der Waals surface area contributed by atoms with E-state index in [9.17, 15) is 0 Å². The number of nitrogens with zero attached hydrogens (tertiary/aromatic N) is 1. The fourth-order valence-corrected chi connectivity index (χ4v) is 3.33. The van der Waals surface area contributed by atoms with E-state index >= 15 is 0 Å². The highest BCUT2D eigenvalue weighted by molar-refractivity contribution is 5.91. The predicted molar refractivity (Wildman–Crippen MR) is 101 cm³/mol. The molecule has 1 aliphatic rings. The maximum atomic E-state index is 4.81. The van der Waals surface area contributed by atoms with Crippen LogP contribution in [0.3, 0.4) is 0 Å². The summed E-state index contributed by atoms with van der Waals surface area (Å²) >= 11 is 0. The summed E-state index contributed by atoms with van der Waals surface area (Å²) in [5.74, 6) is 0. The minimum Gasteiger partial charge on any atom is -0.256 e. The van der Waals surface area contributed by atoms with Gasteiger partial charge in [0.2, 0.25) is 0 Å². The van der Waals surface area contributed by atoms with Crippen molar-refractivity contribution in [3.8, 4) is 0 Å². The van der Waals surface area contributed by atoms with Crippen LogP contribution in [0.15, 0.2) is 59.1 Å². The van der Waals surface area contributed by atoms with Gasteiger partial charge in [-0.05, 0) is 62.0 Å². The van der Waals surface area contributed by atoms with E-state index in [0.717, 1.165) is 12.1 Å². The highest BCUT2D eigenvalue weighted by Crippen LogP contribution is 2.31. The Morgan fingerprint density at radius 3 is 2.30 bits per heavy atom. The fraction of sp³-hybridized carbons (Fsp3) is 0.227. The quantitative estimate of drug-likeness (QED) is 0.608. The van der Waals surface area contributed by atoms with E-state index in [2.05, 4.69) is 76.2 Å². The summed E-state index contributed by atoms with van der Waals surface area (Å²) in [4.78, 5) is 4.81. The monoisotopic (exact) mass is 301 g/mol. The molecule has 1 heteroatoms. The van der Waals surface area contributed by atoms with Crippen molar-refractivity contribution >= 4 is 17.5 Å². The zero-order chi connectivity index (χ0) is 16.4. The van der Waals surface area contributed by atoms with Crippen molar-refractivity contribution in [1.29, 1.82) is 0 Å². The Labute approximate surface area is 139 Å². The molecule has 0 heterocycles. The Hall–Kier alpha value is -2.41. The van der Waals surface area contributed by atoms with E-state index in [0.29, 0.717) is 0 Å². The molecule has 23 heavy (non-hydrogen) atoms. The van der Waals surface area contributed by atoms with Gasteiger partial charge in [0, 0.05) is 11.8 Å². The zero-order valence-electron chi connectivity index (χ0n) is 14.4. The van der Waals surface area contributed by atoms with E-state index in [4.69, 9.17) is 4.99 Å². The number of hydrogen-bond donors (Lipinski definition) is 0. The van der Waals surface area contributed by atoms with Crippen molar-refractivity contribution in [2.45, 2.75) is 34.1 Å². The smallest absolute Gasteiger partial charge is 0.0688 e. The zero-order valence-corrected chi connectivity index (χ0v) is 14.4. The van der Waals surface area contributed by atoms with Crippen LogP contribution in [0, 0.1) is 20.8 Å². The first kappa shape index (κ1) is 15.5. The first-order valence-electron chi connectivity index (χ1n) is 8.14. The molecule has 0 unspecified atom stereocenters. The van der Waals surface area contributed by atoms with Crippen molar-refractivity contribution < 1.29 is 0 Å². The molecular weight excluding hydrogens is 278 g/mol. The Kier molecular flexibility index (Phi) is 4.29. The van der Waals surface area contributed by atoms with E-state index in [1.54, 1.807) is 0 Å². The molecule has 116 valence electrons.